The average molecular weight is 302 g/mol. The number of aliphatic carboxylic acids is 1. The molecule has 7 nitrogen and oxygen atoms in total. The van der Waals surface area contributed by atoms with Gasteiger partial charge in [0.15, 0.2) is 0 Å². The first kappa shape index (κ1) is 17.7. The second-order valence-electron chi connectivity index (χ2n) is 6.55. The van der Waals surface area contributed by atoms with Crippen LogP contribution in [0.3, 0.4) is 0 Å². The Morgan fingerprint density at radius 3 is 2.52 bits per heavy atom. The summed E-state index contributed by atoms with van der Waals surface area (Å²) in [6, 6.07) is -0.142. The van der Waals surface area contributed by atoms with Crippen molar-refractivity contribution in [3.05, 3.63) is 0 Å². The molecule has 0 aromatic rings. The molecular weight excluding hydrogens is 276 g/mol. The van der Waals surface area contributed by atoms with Gasteiger partial charge in [0.25, 0.3) is 0 Å². The number of methoxy groups -OCH3 is 1. The number of ether oxygens (including phenoxy) is 2. The summed E-state index contributed by atoms with van der Waals surface area (Å²) >= 11 is 0. The molecule has 7 heteroatoms. The van der Waals surface area contributed by atoms with Crippen LogP contribution in [0.5, 0.6) is 0 Å². The molecule has 0 radical (unpaired) electrons. The standard InChI is InChI=1S/C14H26N2O5/c1-13(2,5-6-20-4)8-15-12(19)16-9-14(3,10-16)21-7-11(17)18/h5-10H2,1-4H3,(H,15,19)(H,17,18). The van der Waals surface area contributed by atoms with Crippen LogP contribution in [-0.2, 0) is 14.3 Å². The summed E-state index contributed by atoms with van der Waals surface area (Å²) in [7, 11) is 1.66. The molecular formula is C14H26N2O5. The fourth-order valence-electron chi connectivity index (χ4n) is 2.13. The van der Waals surface area contributed by atoms with E-state index in [4.69, 9.17) is 14.6 Å². The molecule has 0 unspecified atom stereocenters. The van der Waals surface area contributed by atoms with E-state index in [0.717, 1.165) is 6.42 Å². The number of hydrogen-bond donors (Lipinski definition) is 2. The van der Waals surface area contributed by atoms with Gasteiger partial charge in [-0.2, -0.15) is 0 Å². The normalized spacial score (nSPS) is 17.2. The van der Waals surface area contributed by atoms with Gasteiger partial charge in [-0.1, -0.05) is 13.8 Å². The first-order chi connectivity index (χ1) is 9.67. The molecule has 21 heavy (non-hydrogen) atoms. The van der Waals surface area contributed by atoms with Crippen molar-refractivity contribution in [2.24, 2.45) is 5.41 Å². The summed E-state index contributed by atoms with van der Waals surface area (Å²) in [4.78, 5) is 24.1. The summed E-state index contributed by atoms with van der Waals surface area (Å²) in [6.07, 6.45) is 0.864. The predicted molar refractivity (Wildman–Crippen MR) is 77.2 cm³/mol. The molecule has 0 bridgehead atoms. The Kier molecular flexibility index (Phi) is 5.98. The number of rotatable bonds is 8. The lowest BCUT2D eigenvalue weighted by molar-refractivity contribution is -0.159. The van der Waals surface area contributed by atoms with Crippen molar-refractivity contribution in [1.82, 2.24) is 10.2 Å². The molecule has 0 aromatic heterocycles. The van der Waals surface area contributed by atoms with E-state index in [1.807, 2.05) is 6.92 Å². The molecule has 1 heterocycles. The number of nitrogens with one attached hydrogen (secondary N) is 1. The molecule has 1 fully saturated rings. The number of amides is 2. The number of nitrogens with zero attached hydrogens (tertiary/aromatic N) is 1. The third-order valence-corrected chi connectivity index (χ3v) is 3.58. The van der Waals surface area contributed by atoms with Gasteiger partial charge in [0, 0.05) is 20.3 Å². The molecule has 0 aromatic carbocycles. The maximum atomic E-state index is 12.0. The molecule has 0 spiro atoms. The van der Waals surface area contributed by atoms with Crippen molar-refractivity contribution in [3.8, 4) is 0 Å². The molecule has 0 saturated carbocycles. The Balaban J connectivity index is 2.28. The Labute approximate surface area is 125 Å². The van der Waals surface area contributed by atoms with E-state index >= 15 is 0 Å². The fraction of sp³-hybridized carbons (Fsp3) is 0.857. The summed E-state index contributed by atoms with van der Waals surface area (Å²) in [5.74, 6) is -1.00. The molecule has 2 amide bonds. The third-order valence-electron chi connectivity index (χ3n) is 3.58. The highest BCUT2D eigenvalue weighted by molar-refractivity contribution is 5.75. The highest BCUT2D eigenvalue weighted by atomic mass is 16.5. The highest BCUT2D eigenvalue weighted by Gasteiger charge is 2.42. The van der Waals surface area contributed by atoms with Crippen molar-refractivity contribution in [3.63, 3.8) is 0 Å². The summed E-state index contributed by atoms with van der Waals surface area (Å²) in [6.45, 7) is 7.66. The molecule has 1 rings (SSSR count). The topological polar surface area (TPSA) is 88.1 Å². The van der Waals surface area contributed by atoms with Gasteiger partial charge < -0.3 is 24.8 Å². The van der Waals surface area contributed by atoms with Crippen LogP contribution in [-0.4, -0.2) is 67.6 Å². The van der Waals surface area contributed by atoms with Gasteiger partial charge in [0.1, 0.15) is 12.2 Å². The van der Waals surface area contributed by atoms with E-state index in [2.05, 4.69) is 19.2 Å². The van der Waals surface area contributed by atoms with Gasteiger partial charge in [-0.05, 0) is 18.8 Å². The molecule has 1 aliphatic rings. The molecule has 0 aliphatic carbocycles. The van der Waals surface area contributed by atoms with Gasteiger partial charge in [-0.3, -0.25) is 0 Å². The molecule has 1 saturated heterocycles. The summed E-state index contributed by atoms with van der Waals surface area (Å²) < 4.78 is 10.3. The van der Waals surface area contributed by atoms with Crippen molar-refractivity contribution >= 4 is 12.0 Å². The Hall–Kier alpha value is -1.34. The maximum Gasteiger partial charge on any atom is 0.329 e. The predicted octanol–water partition coefficient (Wildman–Crippen LogP) is 0.934. The Morgan fingerprint density at radius 1 is 1.38 bits per heavy atom. The monoisotopic (exact) mass is 302 g/mol. The molecule has 2 N–H and O–H groups in total. The third kappa shape index (κ3) is 5.89. The van der Waals surface area contributed by atoms with E-state index in [9.17, 15) is 9.59 Å². The maximum absolute atomic E-state index is 12.0. The van der Waals surface area contributed by atoms with E-state index in [0.29, 0.717) is 26.2 Å². The Morgan fingerprint density at radius 2 is 2.00 bits per heavy atom. The van der Waals surface area contributed by atoms with Crippen LogP contribution < -0.4 is 5.32 Å². The number of hydrogen-bond acceptors (Lipinski definition) is 4. The minimum Gasteiger partial charge on any atom is -0.480 e. The SMILES string of the molecule is COCCC(C)(C)CNC(=O)N1CC(C)(OCC(=O)O)C1. The van der Waals surface area contributed by atoms with Crippen LogP contribution in [0.4, 0.5) is 4.79 Å². The minimum atomic E-state index is -1.00. The molecule has 122 valence electrons. The minimum absolute atomic E-state index is 0.0281. The van der Waals surface area contributed by atoms with Gasteiger partial charge in [-0.15, -0.1) is 0 Å². The molecule has 1 aliphatic heterocycles. The van der Waals surface area contributed by atoms with Crippen LogP contribution in [0, 0.1) is 5.41 Å². The van der Waals surface area contributed by atoms with E-state index in [-0.39, 0.29) is 18.1 Å². The van der Waals surface area contributed by atoms with Crippen molar-refractivity contribution in [2.75, 3.05) is 40.0 Å². The van der Waals surface area contributed by atoms with Gasteiger partial charge in [0.2, 0.25) is 0 Å². The first-order valence-electron chi connectivity index (χ1n) is 7.05. The van der Waals surface area contributed by atoms with Crippen molar-refractivity contribution in [1.29, 1.82) is 0 Å². The second kappa shape index (κ2) is 7.09. The number of carboxylic acids is 1. The van der Waals surface area contributed by atoms with Crippen LogP contribution in [0.15, 0.2) is 0 Å². The highest BCUT2D eigenvalue weighted by Crippen LogP contribution is 2.25. The summed E-state index contributed by atoms with van der Waals surface area (Å²) in [5, 5.41) is 11.5. The van der Waals surface area contributed by atoms with E-state index in [1.54, 1.807) is 12.0 Å². The van der Waals surface area contributed by atoms with Crippen LogP contribution in [0.2, 0.25) is 0 Å². The number of carbonyl (C=O) groups excluding carboxylic acids is 1. The van der Waals surface area contributed by atoms with Crippen molar-refractivity contribution < 1.29 is 24.2 Å². The average Bonchev–Trinajstić information content (AvgIpc) is 2.37. The zero-order valence-electron chi connectivity index (χ0n) is 13.3. The lowest BCUT2D eigenvalue weighted by atomic mass is 9.89. The number of carboxylic acid groups (broad SMARTS) is 1. The largest absolute Gasteiger partial charge is 0.480 e. The van der Waals surface area contributed by atoms with Gasteiger partial charge in [-0.25, -0.2) is 9.59 Å². The first-order valence-corrected chi connectivity index (χ1v) is 7.05. The lowest BCUT2D eigenvalue weighted by Crippen LogP contribution is -2.65. The summed E-state index contributed by atoms with van der Waals surface area (Å²) in [5.41, 5.74) is -0.582. The fourth-order valence-corrected chi connectivity index (χ4v) is 2.13. The quantitative estimate of drug-likeness (QED) is 0.696. The van der Waals surface area contributed by atoms with Crippen LogP contribution >= 0.6 is 0 Å². The number of likely N-dealkylation sites (tertiary alicyclic amines) is 1. The van der Waals surface area contributed by atoms with E-state index in [1.165, 1.54) is 0 Å². The van der Waals surface area contributed by atoms with E-state index < -0.39 is 11.6 Å². The lowest BCUT2D eigenvalue weighted by Gasteiger charge is -2.47. The Bertz CT molecular complexity index is 378. The zero-order valence-corrected chi connectivity index (χ0v) is 13.3. The number of urea groups is 1. The van der Waals surface area contributed by atoms with Crippen LogP contribution in [0.25, 0.3) is 0 Å². The number of carbonyl (C=O) groups is 2. The molecule has 0 atom stereocenters. The second-order valence-corrected chi connectivity index (χ2v) is 6.55. The van der Waals surface area contributed by atoms with Gasteiger partial charge in [0.05, 0.1) is 13.1 Å². The zero-order chi connectivity index (χ0) is 16.1. The van der Waals surface area contributed by atoms with Gasteiger partial charge >= 0.3 is 12.0 Å². The van der Waals surface area contributed by atoms with Crippen molar-refractivity contribution in [2.45, 2.75) is 32.8 Å². The smallest absolute Gasteiger partial charge is 0.329 e. The van der Waals surface area contributed by atoms with Crippen LogP contribution in [0.1, 0.15) is 27.2 Å².